The summed E-state index contributed by atoms with van der Waals surface area (Å²) in [5.41, 5.74) is 10.4. The second-order valence-electron chi connectivity index (χ2n) is 4.51. The highest BCUT2D eigenvalue weighted by atomic mass is 16.5. The number of benzene rings is 1. The first-order chi connectivity index (χ1) is 8.45. The Kier molecular flexibility index (Phi) is 3.19. The molecule has 2 aromatic rings. The van der Waals surface area contributed by atoms with E-state index in [2.05, 4.69) is 9.97 Å². The lowest BCUT2D eigenvalue weighted by atomic mass is 10.1. The average Bonchev–Trinajstić information content (AvgIpc) is 2.24. The largest absolute Gasteiger partial charge is 0.424 e. The van der Waals surface area contributed by atoms with Crippen LogP contribution in [0.1, 0.15) is 22.5 Å². The van der Waals surface area contributed by atoms with Crippen LogP contribution in [0.3, 0.4) is 0 Å². The minimum atomic E-state index is 0.360. The SMILES string of the molecule is Cc1cc(C)nc(Oc2cc(N)c(C)cc2C)n1. The lowest BCUT2D eigenvalue weighted by Crippen LogP contribution is -1.99. The number of anilines is 1. The van der Waals surface area contributed by atoms with Gasteiger partial charge in [0.1, 0.15) is 5.75 Å². The first kappa shape index (κ1) is 12.4. The van der Waals surface area contributed by atoms with Crippen LogP contribution >= 0.6 is 0 Å². The fraction of sp³-hybridized carbons (Fsp3) is 0.286. The zero-order valence-corrected chi connectivity index (χ0v) is 11.1. The molecule has 2 rings (SSSR count). The van der Waals surface area contributed by atoms with Gasteiger partial charge in [0.25, 0.3) is 0 Å². The van der Waals surface area contributed by atoms with E-state index in [1.54, 1.807) is 0 Å². The van der Waals surface area contributed by atoms with Crippen molar-refractivity contribution >= 4 is 5.69 Å². The van der Waals surface area contributed by atoms with E-state index in [0.29, 0.717) is 17.4 Å². The second kappa shape index (κ2) is 4.64. The third kappa shape index (κ3) is 2.59. The summed E-state index contributed by atoms with van der Waals surface area (Å²) >= 11 is 0. The molecule has 1 aromatic heterocycles. The van der Waals surface area contributed by atoms with Gasteiger partial charge in [-0.05, 0) is 44.9 Å². The molecule has 0 aliphatic rings. The molecule has 94 valence electrons. The number of aryl methyl sites for hydroxylation is 4. The molecule has 18 heavy (non-hydrogen) atoms. The Bertz CT molecular complexity index is 574. The quantitative estimate of drug-likeness (QED) is 0.823. The molecule has 0 unspecified atom stereocenters. The van der Waals surface area contributed by atoms with Gasteiger partial charge < -0.3 is 10.5 Å². The van der Waals surface area contributed by atoms with Crippen LogP contribution in [0.2, 0.25) is 0 Å². The predicted molar refractivity (Wildman–Crippen MR) is 71.9 cm³/mol. The van der Waals surface area contributed by atoms with Crippen molar-refractivity contribution in [3.63, 3.8) is 0 Å². The Labute approximate surface area is 107 Å². The first-order valence-corrected chi connectivity index (χ1v) is 5.82. The van der Waals surface area contributed by atoms with E-state index < -0.39 is 0 Å². The van der Waals surface area contributed by atoms with Crippen LogP contribution in [0, 0.1) is 27.7 Å². The van der Waals surface area contributed by atoms with Gasteiger partial charge in [-0.3, -0.25) is 0 Å². The van der Waals surface area contributed by atoms with Gasteiger partial charge in [0, 0.05) is 23.1 Å². The Morgan fingerprint density at radius 1 is 0.889 bits per heavy atom. The van der Waals surface area contributed by atoms with Gasteiger partial charge in [0.2, 0.25) is 0 Å². The summed E-state index contributed by atoms with van der Waals surface area (Å²) in [5.74, 6) is 0.697. The molecule has 4 heteroatoms. The number of hydrogen-bond donors (Lipinski definition) is 1. The van der Waals surface area contributed by atoms with E-state index in [0.717, 1.165) is 22.5 Å². The van der Waals surface area contributed by atoms with Crippen LogP contribution in [0.15, 0.2) is 18.2 Å². The fourth-order valence-corrected chi connectivity index (χ4v) is 1.80. The topological polar surface area (TPSA) is 61.0 Å². The molecule has 0 fully saturated rings. The third-order valence-corrected chi connectivity index (χ3v) is 2.73. The van der Waals surface area contributed by atoms with E-state index in [-0.39, 0.29) is 0 Å². The molecule has 1 heterocycles. The summed E-state index contributed by atoms with van der Waals surface area (Å²) in [7, 11) is 0. The summed E-state index contributed by atoms with van der Waals surface area (Å²) < 4.78 is 5.70. The van der Waals surface area contributed by atoms with Gasteiger partial charge in [-0.25, -0.2) is 9.97 Å². The van der Waals surface area contributed by atoms with Crippen LogP contribution in [0.4, 0.5) is 5.69 Å². The molecule has 0 spiro atoms. The molecule has 0 radical (unpaired) electrons. The molecule has 0 aliphatic heterocycles. The number of nitrogens with two attached hydrogens (primary N) is 1. The second-order valence-corrected chi connectivity index (χ2v) is 4.51. The van der Waals surface area contributed by atoms with Crippen LogP contribution in [0.25, 0.3) is 0 Å². The molecule has 0 bridgehead atoms. The van der Waals surface area contributed by atoms with Crippen LogP contribution in [0.5, 0.6) is 11.8 Å². The summed E-state index contributed by atoms with van der Waals surface area (Å²) in [6.07, 6.45) is 0. The molecule has 4 nitrogen and oxygen atoms in total. The lowest BCUT2D eigenvalue weighted by Gasteiger charge is -2.10. The number of aromatic nitrogens is 2. The van der Waals surface area contributed by atoms with Crippen molar-refractivity contribution < 1.29 is 4.74 Å². The summed E-state index contributed by atoms with van der Waals surface area (Å²) in [4.78, 5) is 8.50. The van der Waals surface area contributed by atoms with Gasteiger partial charge in [-0.1, -0.05) is 6.07 Å². The number of hydrogen-bond acceptors (Lipinski definition) is 4. The van der Waals surface area contributed by atoms with E-state index >= 15 is 0 Å². The Balaban J connectivity index is 2.36. The Hall–Kier alpha value is -2.10. The maximum atomic E-state index is 5.88. The van der Waals surface area contributed by atoms with E-state index in [1.807, 2.05) is 45.9 Å². The molecule has 0 aliphatic carbocycles. The van der Waals surface area contributed by atoms with Crippen molar-refractivity contribution in [1.82, 2.24) is 9.97 Å². The van der Waals surface area contributed by atoms with Gasteiger partial charge >= 0.3 is 6.01 Å². The summed E-state index contributed by atoms with van der Waals surface area (Å²) in [6, 6.07) is 6.07. The molecule has 0 atom stereocenters. The number of nitrogens with zero attached hydrogens (tertiary/aromatic N) is 2. The zero-order chi connectivity index (χ0) is 13.3. The van der Waals surface area contributed by atoms with Crippen molar-refractivity contribution in [3.05, 3.63) is 40.7 Å². The molecule has 0 saturated heterocycles. The van der Waals surface area contributed by atoms with Crippen molar-refractivity contribution in [2.75, 3.05) is 5.73 Å². The molecular weight excluding hydrogens is 226 g/mol. The number of ether oxygens (including phenoxy) is 1. The van der Waals surface area contributed by atoms with Crippen molar-refractivity contribution in [3.8, 4) is 11.8 Å². The smallest absolute Gasteiger partial charge is 0.322 e. The van der Waals surface area contributed by atoms with E-state index in [4.69, 9.17) is 10.5 Å². The van der Waals surface area contributed by atoms with Gasteiger partial charge in [0.15, 0.2) is 0 Å². The number of nitrogen functional groups attached to an aromatic ring is 1. The average molecular weight is 243 g/mol. The molecular formula is C14H17N3O. The van der Waals surface area contributed by atoms with Gasteiger partial charge in [-0.15, -0.1) is 0 Å². The highest BCUT2D eigenvalue weighted by Crippen LogP contribution is 2.27. The Morgan fingerprint density at radius 3 is 2.11 bits per heavy atom. The highest BCUT2D eigenvalue weighted by Gasteiger charge is 2.07. The summed E-state index contributed by atoms with van der Waals surface area (Å²) in [5, 5.41) is 0. The standard InChI is InChI=1S/C14H17N3O/c1-8-5-9(2)13(7-12(8)15)18-14-16-10(3)6-11(4)17-14/h5-7H,15H2,1-4H3. The maximum Gasteiger partial charge on any atom is 0.322 e. The normalized spacial score (nSPS) is 10.4. The van der Waals surface area contributed by atoms with Crippen LogP contribution < -0.4 is 10.5 Å². The molecule has 1 aromatic carbocycles. The molecule has 2 N–H and O–H groups in total. The summed E-state index contributed by atoms with van der Waals surface area (Å²) in [6.45, 7) is 7.78. The minimum absolute atomic E-state index is 0.360. The predicted octanol–water partition coefficient (Wildman–Crippen LogP) is 3.08. The van der Waals surface area contributed by atoms with Crippen molar-refractivity contribution in [2.45, 2.75) is 27.7 Å². The molecule has 0 amide bonds. The van der Waals surface area contributed by atoms with E-state index in [1.165, 1.54) is 0 Å². The van der Waals surface area contributed by atoms with Crippen LogP contribution in [-0.4, -0.2) is 9.97 Å². The monoisotopic (exact) mass is 243 g/mol. The zero-order valence-electron chi connectivity index (χ0n) is 11.1. The van der Waals surface area contributed by atoms with Crippen LogP contribution in [-0.2, 0) is 0 Å². The highest BCUT2D eigenvalue weighted by molar-refractivity contribution is 5.54. The van der Waals surface area contributed by atoms with Gasteiger partial charge in [-0.2, -0.15) is 0 Å². The minimum Gasteiger partial charge on any atom is -0.424 e. The van der Waals surface area contributed by atoms with Crippen molar-refractivity contribution in [1.29, 1.82) is 0 Å². The third-order valence-electron chi connectivity index (χ3n) is 2.73. The lowest BCUT2D eigenvalue weighted by molar-refractivity contribution is 0.436. The van der Waals surface area contributed by atoms with Gasteiger partial charge in [0.05, 0.1) is 0 Å². The fourth-order valence-electron chi connectivity index (χ4n) is 1.80. The Morgan fingerprint density at radius 2 is 1.50 bits per heavy atom. The molecule has 0 saturated carbocycles. The van der Waals surface area contributed by atoms with E-state index in [9.17, 15) is 0 Å². The van der Waals surface area contributed by atoms with Crippen molar-refractivity contribution in [2.24, 2.45) is 0 Å². The maximum absolute atomic E-state index is 5.88. The number of rotatable bonds is 2. The first-order valence-electron chi connectivity index (χ1n) is 5.82.